The first-order chi connectivity index (χ1) is 11.5. The van der Waals surface area contributed by atoms with Gasteiger partial charge in [0.05, 0.1) is 12.0 Å². The third-order valence-electron chi connectivity index (χ3n) is 4.61. The minimum atomic E-state index is -0.396. The molecule has 2 amide bonds. The third-order valence-corrected chi connectivity index (χ3v) is 4.61. The van der Waals surface area contributed by atoms with Crippen LogP contribution in [0.4, 0.5) is 0 Å². The molecule has 1 heterocycles. The Kier molecular flexibility index (Phi) is 6.79. The summed E-state index contributed by atoms with van der Waals surface area (Å²) in [6.45, 7) is 5.55. The van der Waals surface area contributed by atoms with Crippen molar-refractivity contribution in [1.29, 1.82) is 0 Å². The van der Waals surface area contributed by atoms with E-state index in [1.165, 1.54) is 0 Å². The molecule has 2 N–H and O–H groups in total. The standard InChI is InChI=1S/C19H28N2O3/c1-14(2)17(22)10-11-20-18(23)16-9-6-12-21(13-16)19(24)15-7-4-3-5-8-15/h3-5,7-8,14,16-17,22H,6,9-13H2,1-2H3,(H,20,23). The van der Waals surface area contributed by atoms with Crippen molar-refractivity contribution in [2.75, 3.05) is 19.6 Å². The molecular formula is C19H28N2O3. The van der Waals surface area contributed by atoms with Gasteiger partial charge in [0, 0.05) is 25.2 Å². The second-order valence-electron chi connectivity index (χ2n) is 6.85. The van der Waals surface area contributed by atoms with E-state index in [9.17, 15) is 14.7 Å². The first-order valence-corrected chi connectivity index (χ1v) is 8.79. The lowest BCUT2D eigenvalue weighted by atomic mass is 9.96. The molecule has 24 heavy (non-hydrogen) atoms. The molecule has 1 aromatic rings. The molecule has 1 saturated heterocycles. The summed E-state index contributed by atoms with van der Waals surface area (Å²) in [4.78, 5) is 26.6. The fraction of sp³-hybridized carbons (Fsp3) is 0.579. The second-order valence-corrected chi connectivity index (χ2v) is 6.85. The van der Waals surface area contributed by atoms with E-state index >= 15 is 0 Å². The predicted molar refractivity (Wildman–Crippen MR) is 93.5 cm³/mol. The van der Waals surface area contributed by atoms with Crippen molar-refractivity contribution in [3.63, 3.8) is 0 Å². The molecule has 5 nitrogen and oxygen atoms in total. The zero-order valence-electron chi connectivity index (χ0n) is 14.6. The van der Waals surface area contributed by atoms with Crippen molar-refractivity contribution in [1.82, 2.24) is 10.2 Å². The van der Waals surface area contributed by atoms with Gasteiger partial charge in [0.2, 0.25) is 5.91 Å². The lowest BCUT2D eigenvalue weighted by molar-refractivity contribution is -0.126. The predicted octanol–water partition coefficient (Wildman–Crippen LogP) is 2.06. The smallest absolute Gasteiger partial charge is 0.253 e. The van der Waals surface area contributed by atoms with Crippen LogP contribution in [0, 0.1) is 11.8 Å². The molecule has 0 radical (unpaired) electrons. The third kappa shape index (κ3) is 5.06. The molecule has 0 aliphatic carbocycles. The Morgan fingerprint density at radius 1 is 1.29 bits per heavy atom. The molecule has 2 atom stereocenters. The molecule has 1 aliphatic rings. The van der Waals surface area contributed by atoms with Crippen LogP contribution in [-0.4, -0.2) is 47.6 Å². The van der Waals surface area contributed by atoms with E-state index in [2.05, 4.69) is 5.32 Å². The molecule has 1 aromatic carbocycles. The van der Waals surface area contributed by atoms with E-state index in [4.69, 9.17) is 0 Å². The number of hydrogen-bond acceptors (Lipinski definition) is 3. The largest absolute Gasteiger partial charge is 0.393 e. The number of aliphatic hydroxyl groups is 1. The van der Waals surface area contributed by atoms with Gasteiger partial charge in [-0.25, -0.2) is 0 Å². The number of piperidine rings is 1. The number of nitrogens with zero attached hydrogens (tertiary/aromatic N) is 1. The van der Waals surface area contributed by atoms with Gasteiger partial charge in [0.25, 0.3) is 5.91 Å². The highest BCUT2D eigenvalue weighted by atomic mass is 16.3. The monoisotopic (exact) mass is 332 g/mol. The van der Waals surface area contributed by atoms with Crippen LogP contribution in [0.25, 0.3) is 0 Å². The summed E-state index contributed by atoms with van der Waals surface area (Å²) in [6, 6.07) is 9.19. The van der Waals surface area contributed by atoms with Crippen molar-refractivity contribution in [2.24, 2.45) is 11.8 Å². The van der Waals surface area contributed by atoms with Crippen molar-refractivity contribution >= 4 is 11.8 Å². The van der Waals surface area contributed by atoms with Gasteiger partial charge in [0.15, 0.2) is 0 Å². The maximum atomic E-state index is 12.5. The van der Waals surface area contributed by atoms with Gasteiger partial charge in [0.1, 0.15) is 0 Å². The highest BCUT2D eigenvalue weighted by molar-refractivity contribution is 5.94. The summed E-state index contributed by atoms with van der Waals surface area (Å²) >= 11 is 0. The Hall–Kier alpha value is -1.88. The lowest BCUT2D eigenvalue weighted by Crippen LogP contribution is -2.45. The van der Waals surface area contributed by atoms with Crippen molar-refractivity contribution in [3.8, 4) is 0 Å². The summed E-state index contributed by atoms with van der Waals surface area (Å²) in [6.07, 6.45) is 1.80. The average molecular weight is 332 g/mol. The van der Waals surface area contributed by atoms with Gasteiger partial charge in [-0.15, -0.1) is 0 Å². The van der Waals surface area contributed by atoms with Crippen LogP contribution in [0.2, 0.25) is 0 Å². The molecular weight excluding hydrogens is 304 g/mol. The normalized spacial score (nSPS) is 19.2. The van der Waals surface area contributed by atoms with Crippen molar-refractivity contribution in [2.45, 2.75) is 39.2 Å². The first kappa shape index (κ1) is 18.5. The quantitative estimate of drug-likeness (QED) is 0.838. The van der Waals surface area contributed by atoms with Crippen LogP contribution < -0.4 is 5.32 Å². The molecule has 5 heteroatoms. The van der Waals surface area contributed by atoms with E-state index in [0.29, 0.717) is 31.6 Å². The number of likely N-dealkylation sites (tertiary alicyclic amines) is 1. The molecule has 0 spiro atoms. The molecule has 0 aromatic heterocycles. The van der Waals surface area contributed by atoms with Crippen LogP contribution in [0.5, 0.6) is 0 Å². The van der Waals surface area contributed by atoms with Crippen LogP contribution >= 0.6 is 0 Å². The second kappa shape index (κ2) is 8.83. The minimum absolute atomic E-state index is 0.0108. The van der Waals surface area contributed by atoms with Gasteiger partial charge >= 0.3 is 0 Å². The van der Waals surface area contributed by atoms with Gasteiger partial charge in [-0.2, -0.15) is 0 Å². The van der Waals surface area contributed by atoms with E-state index < -0.39 is 6.10 Å². The number of aliphatic hydroxyl groups excluding tert-OH is 1. The topological polar surface area (TPSA) is 69.6 Å². The van der Waals surface area contributed by atoms with Gasteiger partial charge in [-0.1, -0.05) is 32.0 Å². The fourth-order valence-electron chi connectivity index (χ4n) is 2.96. The van der Waals surface area contributed by atoms with Crippen LogP contribution in [0.15, 0.2) is 30.3 Å². The number of carbonyl (C=O) groups is 2. The molecule has 132 valence electrons. The van der Waals surface area contributed by atoms with Crippen molar-refractivity contribution < 1.29 is 14.7 Å². The van der Waals surface area contributed by atoms with Crippen LogP contribution in [0.3, 0.4) is 0 Å². The molecule has 2 rings (SSSR count). The van der Waals surface area contributed by atoms with E-state index in [1.54, 1.807) is 17.0 Å². The summed E-state index contributed by atoms with van der Waals surface area (Å²) in [5.41, 5.74) is 0.665. The lowest BCUT2D eigenvalue weighted by Gasteiger charge is -2.32. The van der Waals surface area contributed by atoms with Gasteiger partial charge in [-0.3, -0.25) is 9.59 Å². The zero-order chi connectivity index (χ0) is 17.5. The molecule has 1 aliphatic heterocycles. The molecule has 0 saturated carbocycles. The highest BCUT2D eigenvalue weighted by Gasteiger charge is 2.28. The summed E-state index contributed by atoms with van der Waals surface area (Å²) in [7, 11) is 0. The SMILES string of the molecule is CC(C)C(O)CCNC(=O)C1CCCN(C(=O)c2ccccc2)C1. The Balaban J connectivity index is 1.84. The Morgan fingerprint density at radius 3 is 2.67 bits per heavy atom. The van der Waals surface area contributed by atoms with Gasteiger partial charge in [-0.05, 0) is 37.3 Å². The number of rotatable bonds is 6. The van der Waals surface area contributed by atoms with E-state index in [-0.39, 0.29) is 23.7 Å². The van der Waals surface area contributed by atoms with Crippen LogP contribution in [0.1, 0.15) is 43.5 Å². The number of hydrogen-bond donors (Lipinski definition) is 2. The Bertz CT molecular complexity index is 545. The number of amides is 2. The maximum absolute atomic E-state index is 12.5. The summed E-state index contributed by atoms with van der Waals surface area (Å²) in [5.74, 6) is -0.00183. The number of carbonyl (C=O) groups excluding carboxylic acids is 2. The maximum Gasteiger partial charge on any atom is 0.253 e. The zero-order valence-corrected chi connectivity index (χ0v) is 14.6. The Labute approximate surface area is 144 Å². The number of benzene rings is 1. The number of nitrogens with one attached hydrogen (secondary N) is 1. The molecule has 2 unspecified atom stereocenters. The summed E-state index contributed by atoms with van der Waals surface area (Å²) in [5, 5.41) is 12.7. The van der Waals surface area contributed by atoms with E-state index in [0.717, 1.165) is 12.8 Å². The fourth-order valence-corrected chi connectivity index (χ4v) is 2.96. The van der Waals surface area contributed by atoms with Gasteiger partial charge < -0.3 is 15.3 Å². The minimum Gasteiger partial charge on any atom is -0.393 e. The Morgan fingerprint density at radius 2 is 2.00 bits per heavy atom. The first-order valence-electron chi connectivity index (χ1n) is 8.79. The van der Waals surface area contributed by atoms with E-state index in [1.807, 2.05) is 32.0 Å². The summed E-state index contributed by atoms with van der Waals surface area (Å²) < 4.78 is 0. The molecule has 1 fully saturated rings. The average Bonchev–Trinajstić information content (AvgIpc) is 2.61. The molecule has 0 bridgehead atoms. The van der Waals surface area contributed by atoms with Crippen LogP contribution in [-0.2, 0) is 4.79 Å². The highest BCUT2D eigenvalue weighted by Crippen LogP contribution is 2.19. The van der Waals surface area contributed by atoms with Crippen molar-refractivity contribution in [3.05, 3.63) is 35.9 Å².